The number of fused-ring (bicyclic) bond motifs is 1. The lowest BCUT2D eigenvalue weighted by atomic mass is 10.1. The first-order chi connectivity index (χ1) is 6.74. The average molecular weight is 191 g/mol. The highest BCUT2D eigenvalue weighted by molar-refractivity contribution is 6.06. The van der Waals surface area contributed by atoms with E-state index in [0.29, 0.717) is 22.4 Å². The number of ether oxygens (including phenoxy) is 1. The number of carbonyl (C=O) groups is 1. The fourth-order valence-corrected chi connectivity index (χ4v) is 1.37. The molecule has 0 saturated heterocycles. The van der Waals surface area contributed by atoms with Crippen molar-refractivity contribution < 1.29 is 14.1 Å². The molecule has 0 amide bonds. The monoisotopic (exact) mass is 191 g/mol. The highest BCUT2D eigenvalue weighted by Crippen LogP contribution is 2.28. The molecule has 14 heavy (non-hydrogen) atoms. The molecule has 0 bridgehead atoms. The van der Waals surface area contributed by atoms with E-state index in [-0.39, 0.29) is 5.78 Å². The molecule has 0 radical (unpaired) electrons. The molecule has 4 heteroatoms. The summed E-state index contributed by atoms with van der Waals surface area (Å²) < 4.78 is 10.1. The van der Waals surface area contributed by atoms with Gasteiger partial charge in [0.1, 0.15) is 5.75 Å². The number of hydrogen-bond donors (Lipinski definition) is 0. The first-order valence-electron chi connectivity index (χ1n) is 4.17. The molecule has 2 aromatic rings. The lowest BCUT2D eigenvalue weighted by molar-refractivity contribution is 0.101. The van der Waals surface area contributed by atoms with Crippen LogP contribution in [-0.4, -0.2) is 18.0 Å². The number of carbonyl (C=O) groups excluding carboxylic acids is 1. The molecule has 0 aliphatic rings. The fourth-order valence-electron chi connectivity index (χ4n) is 1.37. The van der Waals surface area contributed by atoms with Gasteiger partial charge in [0.05, 0.1) is 12.5 Å². The molecule has 0 aliphatic heterocycles. The molecule has 0 unspecified atom stereocenters. The fraction of sp³-hybridized carbons (Fsp3) is 0.200. The second-order valence-electron chi connectivity index (χ2n) is 2.92. The normalized spacial score (nSPS) is 10.4. The highest BCUT2D eigenvalue weighted by atomic mass is 16.5. The number of Topliss-reactive ketones (excluding diaryl/α,β-unsaturated/α-hetero) is 1. The van der Waals surface area contributed by atoms with Gasteiger partial charge >= 0.3 is 0 Å². The van der Waals surface area contributed by atoms with Crippen LogP contribution in [-0.2, 0) is 0 Å². The smallest absolute Gasteiger partial charge is 0.182 e. The molecule has 4 nitrogen and oxygen atoms in total. The van der Waals surface area contributed by atoms with Crippen molar-refractivity contribution >= 4 is 16.8 Å². The van der Waals surface area contributed by atoms with Crippen LogP contribution in [0.5, 0.6) is 5.75 Å². The van der Waals surface area contributed by atoms with Crippen LogP contribution < -0.4 is 4.74 Å². The van der Waals surface area contributed by atoms with Crippen molar-refractivity contribution in [2.45, 2.75) is 6.92 Å². The standard InChI is InChI=1S/C10H9NO3/c1-6(12)10-9-7(13-2)4-3-5-8(9)14-11-10/h3-5H,1-2H3. The van der Waals surface area contributed by atoms with Crippen molar-refractivity contribution in [2.24, 2.45) is 0 Å². The van der Waals surface area contributed by atoms with Crippen molar-refractivity contribution in [1.82, 2.24) is 5.16 Å². The van der Waals surface area contributed by atoms with Crippen molar-refractivity contribution in [3.63, 3.8) is 0 Å². The molecule has 2 rings (SSSR count). The molecule has 1 heterocycles. The van der Waals surface area contributed by atoms with Crippen molar-refractivity contribution in [1.29, 1.82) is 0 Å². The summed E-state index contributed by atoms with van der Waals surface area (Å²) in [5.41, 5.74) is 0.881. The largest absolute Gasteiger partial charge is 0.496 e. The Kier molecular flexibility index (Phi) is 1.96. The Morgan fingerprint density at radius 1 is 1.50 bits per heavy atom. The van der Waals surface area contributed by atoms with Crippen LogP contribution in [0, 0.1) is 0 Å². The number of ketones is 1. The topological polar surface area (TPSA) is 52.3 Å². The van der Waals surface area contributed by atoms with Gasteiger partial charge in [-0.2, -0.15) is 0 Å². The van der Waals surface area contributed by atoms with E-state index in [2.05, 4.69) is 5.16 Å². The van der Waals surface area contributed by atoms with Gasteiger partial charge < -0.3 is 9.26 Å². The Morgan fingerprint density at radius 3 is 2.93 bits per heavy atom. The number of benzene rings is 1. The molecular formula is C10H9NO3. The molecule has 0 N–H and O–H groups in total. The van der Waals surface area contributed by atoms with Gasteiger partial charge in [-0.1, -0.05) is 11.2 Å². The van der Waals surface area contributed by atoms with Crippen molar-refractivity contribution in [2.75, 3.05) is 7.11 Å². The Balaban J connectivity index is 2.81. The number of methoxy groups -OCH3 is 1. The minimum atomic E-state index is -0.131. The van der Waals surface area contributed by atoms with Crippen LogP contribution in [0.2, 0.25) is 0 Å². The quantitative estimate of drug-likeness (QED) is 0.681. The Hall–Kier alpha value is -1.84. The molecule has 0 saturated carbocycles. The minimum absolute atomic E-state index is 0.131. The lowest BCUT2D eigenvalue weighted by Crippen LogP contribution is -1.94. The number of aromatic nitrogens is 1. The van der Waals surface area contributed by atoms with Gasteiger partial charge in [-0.15, -0.1) is 0 Å². The average Bonchev–Trinajstić information content (AvgIpc) is 2.60. The third-order valence-electron chi connectivity index (χ3n) is 2.01. The summed E-state index contributed by atoms with van der Waals surface area (Å²) in [6.45, 7) is 1.45. The van der Waals surface area contributed by atoms with Crippen LogP contribution in [0.15, 0.2) is 22.7 Å². The van der Waals surface area contributed by atoms with Crippen molar-refractivity contribution in [3.05, 3.63) is 23.9 Å². The Bertz CT molecular complexity index is 487. The summed E-state index contributed by atoms with van der Waals surface area (Å²) in [6.07, 6.45) is 0. The van der Waals surface area contributed by atoms with Crippen LogP contribution in [0.4, 0.5) is 0 Å². The van der Waals surface area contributed by atoms with E-state index in [0.717, 1.165) is 0 Å². The number of hydrogen-bond acceptors (Lipinski definition) is 4. The van der Waals surface area contributed by atoms with E-state index < -0.39 is 0 Å². The van der Waals surface area contributed by atoms with Gasteiger partial charge in [0, 0.05) is 6.92 Å². The molecular weight excluding hydrogens is 182 g/mol. The number of nitrogens with zero attached hydrogens (tertiary/aromatic N) is 1. The maximum atomic E-state index is 11.2. The predicted molar refractivity (Wildman–Crippen MR) is 50.6 cm³/mol. The van der Waals surface area contributed by atoms with Gasteiger partial charge in [0.15, 0.2) is 17.1 Å². The van der Waals surface area contributed by atoms with Gasteiger partial charge in [-0.05, 0) is 12.1 Å². The zero-order valence-corrected chi connectivity index (χ0v) is 7.90. The maximum Gasteiger partial charge on any atom is 0.182 e. The van der Waals surface area contributed by atoms with Crippen LogP contribution in [0.25, 0.3) is 11.0 Å². The first-order valence-corrected chi connectivity index (χ1v) is 4.17. The predicted octanol–water partition coefficient (Wildman–Crippen LogP) is 2.04. The summed E-state index contributed by atoms with van der Waals surface area (Å²) in [4.78, 5) is 11.2. The molecule has 0 spiro atoms. The zero-order valence-electron chi connectivity index (χ0n) is 7.90. The third-order valence-corrected chi connectivity index (χ3v) is 2.01. The van der Waals surface area contributed by atoms with E-state index in [1.165, 1.54) is 6.92 Å². The van der Waals surface area contributed by atoms with E-state index in [1.54, 1.807) is 25.3 Å². The van der Waals surface area contributed by atoms with Gasteiger partial charge in [0.25, 0.3) is 0 Å². The SMILES string of the molecule is COc1cccc2onc(C(C)=O)c12. The molecule has 0 aliphatic carbocycles. The number of rotatable bonds is 2. The van der Waals surface area contributed by atoms with Gasteiger partial charge in [0.2, 0.25) is 0 Å². The highest BCUT2D eigenvalue weighted by Gasteiger charge is 2.15. The van der Waals surface area contributed by atoms with Crippen LogP contribution in [0.3, 0.4) is 0 Å². The molecule has 72 valence electrons. The summed E-state index contributed by atoms with van der Waals surface area (Å²) in [5, 5.41) is 4.34. The maximum absolute atomic E-state index is 11.2. The van der Waals surface area contributed by atoms with Gasteiger partial charge in [-0.25, -0.2) is 0 Å². The van der Waals surface area contributed by atoms with Crippen molar-refractivity contribution in [3.8, 4) is 5.75 Å². The summed E-state index contributed by atoms with van der Waals surface area (Å²) in [6, 6.07) is 5.31. The van der Waals surface area contributed by atoms with Gasteiger partial charge in [-0.3, -0.25) is 4.79 Å². The molecule has 0 atom stereocenters. The zero-order chi connectivity index (χ0) is 10.1. The van der Waals surface area contributed by atoms with E-state index in [9.17, 15) is 4.79 Å². The first kappa shape index (κ1) is 8.74. The lowest BCUT2D eigenvalue weighted by Gasteiger charge is -1.99. The Morgan fingerprint density at radius 2 is 2.29 bits per heavy atom. The molecule has 1 aromatic heterocycles. The summed E-state index contributed by atoms with van der Waals surface area (Å²) in [7, 11) is 1.55. The molecule has 0 fully saturated rings. The van der Waals surface area contributed by atoms with E-state index in [4.69, 9.17) is 9.26 Å². The van der Waals surface area contributed by atoms with E-state index >= 15 is 0 Å². The second-order valence-corrected chi connectivity index (χ2v) is 2.92. The second kappa shape index (κ2) is 3.14. The van der Waals surface area contributed by atoms with Crippen LogP contribution in [0.1, 0.15) is 17.4 Å². The Labute approximate surface area is 80.4 Å². The van der Waals surface area contributed by atoms with E-state index in [1.807, 2.05) is 0 Å². The minimum Gasteiger partial charge on any atom is -0.496 e. The molecule has 1 aromatic carbocycles. The summed E-state index contributed by atoms with van der Waals surface area (Å²) >= 11 is 0. The third kappa shape index (κ3) is 1.16. The summed E-state index contributed by atoms with van der Waals surface area (Å²) in [5.74, 6) is 0.474. The van der Waals surface area contributed by atoms with Crippen LogP contribution >= 0.6 is 0 Å².